The lowest BCUT2D eigenvalue weighted by Crippen LogP contribution is -2.10. The van der Waals surface area contributed by atoms with Crippen molar-refractivity contribution in [3.05, 3.63) is 114 Å². The van der Waals surface area contributed by atoms with Crippen molar-refractivity contribution >= 4 is 29.1 Å². The number of hydrogen-bond acceptors (Lipinski definition) is 2. The summed E-state index contributed by atoms with van der Waals surface area (Å²) in [4.78, 5) is 22.7. The number of aromatic amines is 1. The average Bonchev–Trinajstić information content (AvgIpc) is 3.27. The fraction of sp³-hybridized carbons (Fsp3) is 0.133. The third-order valence-electron chi connectivity index (χ3n) is 6.16. The van der Waals surface area contributed by atoms with E-state index in [9.17, 15) is 4.79 Å². The summed E-state index contributed by atoms with van der Waals surface area (Å²) in [6.45, 7) is 4.21. The van der Waals surface area contributed by atoms with Gasteiger partial charge in [-0.15, -0.1) is 12.4 Å². The van der Waals surface area contributed by atoms with Crippen molar-refractivity contribution in [2.75, 3.05) is 0 Å². The van der Waals surface area contributed by atoms with Crippen LogP contribution in [0.2, 0.25) is 0 Å². The number of nitrogens with zero attached hydrogens (tertiary/aromatic N) is 1. The van der Waals surface area contributed by atoms with Crippen molar-refractivity contribution < 1.29 is 4.79 Å². The summed E-state index contributed by atoms with van der Waals surface area (Å²) >= 11 is 0. The molecule has 0 radical (unpaired) electrons. The van der Waals surface area contributed by atoms with Gasteiger partial charge < -0.3 is 4.98 Å². The highest BCUT2D eigenvalue weighted by Gasteiger charge is 2.26. The summed E-state index contributed by atoms with van der Waals surface area (Å²) in [7, 11) is 0. The Labute approximate surface area is 206 Å². The van der Waals surface area contributed by atoms with E-state index >= 15 is 0 Å². The first-order valence-corrected chi connectivity index (χ1v) is 11.5. The molecule has 0 saturated heterocycles. The number of aromatic nitrogens is 2. The fourth-order valence-electron chi connectivity index (χ4n) is 4.59. The molecule has 2 heterocycles. The maximum absolute atomic E-state index is 13.9. The minimum Gasteiger partial charge on any atom is -0.356 e. The first kappa shape index (κ1) is 23.5. The number of fused-ring (bicyclic) bond motifs is 1. The van der Waals surface area contributed by atoms with E-state index in [-0.39, 0.29) is 18.2 Å². The monoisotopic (exact) mass is 466 g/mol. The van der Waals surface area contributed by atoms with Gasteiger partial charge in [0, 0.05) is 27.8 Å². The van der Waals surface area contributed by atoms with Crippen molar-refractivity contribution in [3.63, 3.8) is 0 Å². The van der Waals surface area contributed by atoms with E-state index in [1.165, 1.54) is 0 Å². The van der Waals surface area contributed by atoms with Gasteiger partial charge in [0.05, 0.1) is 22.5 Å². The second kappa shape index (κ2) is 10.1. The quantitative estimate of drug-likeness (QED) is 0.261. The summed E-state index contributed by atoms with van der Waals surface area (Å²) in [5.74, 6) is 0.0187. The van der Waals surface area contributed by atoms with Gasteiger partial charge in [-0.2, -0.15) is 0 Å². The molecule has 1 N–H and O–H groups in total. The lowest BCUT2D eigenvalue weighted by Gasteiger charge is -2.16. The van der Waals surface area contributed by atoms with Gasteiger partial charge in [-0.3, -0.25) is 4.79 Å². The lowest BCUT2D eigenvalue weighted by atomic mass is 9.88. The molecule has 5 rings (SSSR count). The number of nitrogens with one attached hydrogen (secondary N) is 1. The van der Waals surface area contributed by atoms with E-state index in [4.69, 9.17) is 4.98 Å². The summed E-state index contributed by atoms with van der Waals surface area (Å²) in [6.07, 6.45) is 1.49. The van der Waals surface area contributed by atoms with E-state index < -0.39 is 0 Å². The lowest BCUT2D eigenvalue weighted by molar-refractivity contribution is 0.103. The molecule has 0 unspecified atom stereocenters. The summed E-state index contributed by atoms with van der Waals surface area (Å²) in [6, 6.07) is 30.1. The molecule has 0 spiro atoms. The molecule has 34 heavy (non-hydrogen) atoms. The zero-order valence-corrected chi connectivity index (χ0v) is 20.2. The largest absolute Gasteiger partial charge is 0.356 e. The van der Waals surface area contributed by atoms with Crippen LogP contribution in [0.25, 0.3) is 33.3 Å². The molecular weight excluding hydrogens is 440 g/mol. The van der Waals surface area contributed by atoms with Gasteiger partial charge >= 0.3 is 0 Å². The number of ketones is 1. The smallest absolute Gasteiger partial charge is 0.195 e. The number of aryl methyl sites for hydroxylation is 2. The van der Waals surface area contributed by atoms with Crippen LogP contribution < -0.4 is 0 Å². The van der Waals surface area contributed by atoms with Crippen molar-refractivity contribution in [3.8, 4) is 22.4 Å². The highest BCUT2D eigenvalue weighted by Crippen LogP contribution is 2.40. The Kier molecular flexibility index (Phi) is 6.95. The number of pyridine rings is 1. The SMILES string of the molecule is CCc1nc2c(-c3ccccc3)[nH]c(CC)c2c(-c2ccccc2)c1C(=O)c1ccccc1.Cl. The van der Waals surface area contributed by atoms with Crippen molar-refractivity contribution in [2.24, 2.45) is 0 Å². The molecule has 0 atom stereocenters. The average molecular weight is 467 g/mol. The first-order chi connectivity index (χ1) is 16.2. The number of carbonyl (C=O) groups excluding carboxylic acids is 1. The van der Waals surface area contributed by atoms with Gasteiger partial charge in [0.25, 0.3) is 0 Å². The second-order valence-corrected chi connectivity index (χ2v) is 8.14. The molecule has 0 aliphatic rings. The van der Waals surface area contributed by atoms with Crippen LogP contribution in [-0.2, 0) is 12.8 Å². The van der Waals surface area contributed by atoms with E-state index in [1.807, 2.05) is 66.7 Å². The van der Waals surface area contributed by atoms with Crippen molar-refractivity contribution in [1.29, 1.82) is 0 Å². The Morgan fingerprint density at radius 2 is 1.32 bits per heavy atom. The van der Waals surface area contributed by atoms with Crippen LogP contribution in [0.15, 0.2) is 91.0 Å². The number of hydrogen-bond donors (Lipinski definition) is 1. The van der Waals surface area contributed by atoms with Crippen LogP contribution >= 0.6 is 12.4 Å². The molecule has 3 nitrogen and oxygen atoms in total. The van der Waals surface area contributed by atoms with E-state index in [0.717, 1.165) is 51.1 Å². The Balaban J connectivity index is 0.00000274. The van der Waals surface area contributed by atoms with Gasteiger partial charge in [0.15, 0.2) is 5.78 Å². The molecule has 0 saturated carbocycles. The zero-order valence-electron chi connectivity index (χ0n) is 19.3. The van der Waals surface area contributed by atoms with E-state index in [1.54, 1.807) is 0 Å². The fourth-order valence-corrected chi connectivity index (χ4v) is 4.59. The molecule has 3 aromatic carbocycles. The molecule has 170 valence electrons. The third kappa shape index (κ3) is 4.04. The molecule has 5 aromatic rings. The standard InChI is InChI=1S/C30H26N2O.ClH/c1-3-23-26-25(20-14-8-5-9-15-20)27(30(33)22-18-12-7-13-19-22)24(4-2)32-29(26)28(31-23)21-16-10-6-11-17-21;/h5-19,31H,3-4H2,1-2H3;1H. The third-order valence-corrected chi connectivity index (χ3v) is 6.16. The van der Waals surface area contributed by atoms with Crippen LogP contribution in [0.1, 0.15) is 41.2 Å². The van der Waals surface area contributed by atoms with E-state index in [0.29, 0.717) is 17.5 Å². The maximum Gasteiger partial charge on any atom is 0.195 e. The molecule has 0 aliphatic carbocycles. The molecule has 0 aliphatic heterocycles. The van der Waals surface area contributed by atoms with E-state index in [2.05, 4.69) is 43.1 Å². The normalized spacial score (nSPS) is 10.8. The number of benzene rings is 3. The molecule has 0 fully saturated rings. The van der Waals surface area contributed by atoms with Crippen molar-refractivity contribution in [1.82, 2.24) is 9.97 Å². The Bertz CT molecular complexity index is 1430. The first-order valence-electron chi connectivity index (χ1n) is 11.5. The molecule has 2 aromatic heterocycles. The van der Waals surface area contributed by atoms with Gasteiger partial charge in [-0.1, -0.05) is 105 Å². The minimum atomic E-state index is 0. The second-order valence-electron chi connectivity index (χ2n) is 8.14. The maximum atomic E-state index is 13.9. The van der Waals surface area contributed by atoms with Crippen LogP contribution in [0.4, 0.5) is 0 Å². The predicted octanol–water partition coefficient (Wildman–Crippen LogP) is 7.67. The molecule has 4 heteroatoms. The van der Waals surface area contributed by atoms with Crippen LogP contribution in [0, 0.1) is 0 Å². The minimum absolute atomic E-state index is 0. The molecule has 0 amide bonds. The van der Waals surface area contributed by atoms with Crippen LogP contribution in [0.3, 0.4) is 0 Å². The number of carbonyl (C=O) groups is 1. The van der Waals surface area contributed by atoms with Crippen molar-refractivity contribution in [2.45, 2.75) is 26.7 Å². The number of rotatable bonds is 6. The van der Waals surface area contributed by atoms with Gasteiger partial charge in [0.1, 0.15) is 0 Å². The van der Waals surface area contributed by atoms with Gasteiger partial charge in [0.2, 0.25) is 0 Å². The zero-order chi connectivity index (χ0) is 22.8. The highest BCUT2D eigenvalue weighted by molar-refractivity contribution is 6.19. The van der Waals surface area contributed by atoms with Crippen LogP contribution in [0.5, 0.6) is 0 Å². The summed E-state index contributed by atoms with van der Waals surface area (Å²) in [5, 5.41) is 1.04. The summed E-state index contributed by atoms with van der Waals surface area (Å²) < 4.78 is 0. The number of H-pyrrole nitrogens is 1. The Morgan fingerprint density at radius 1 is 0.765 bits per heavy atom. The highest BCUT2D eigenvalue weighted by atomic mass is 35.5. The molecule has 0 bridgehead atoms. The summed E-state index contributed by atoms with van der Waals surface area (Å²) in [5.41, 5.74) is 8.35. The van der Waals surface area contributed by atoms with Gasteiger partial charge in [-0.25, -0.2) is 4.98 Å². The predicted molar refractivity (Wildman–Crippen MR) is 143 cm³/mol. The topological polar surface area (TPSA) is 45.8 Å². The Hall–Kier alpha value is -3.69. The van der Waals surface area contributed by atoms with Gasteiger partial charge in [-0.05, 0) is 18.4 Å². The van der Waals surface area contributed by atoms with Crippen LogP contribution in [-0.4, -0.2) is 15.8 Å². The molecular formula is C30H27ClN2O. The number of halogens is 1. The Morgan fingerprint density at radius 3 is 1.88 bits per heavy atom.